The van der Waals surface area contributed by atoms with Crippen molar-refractivity contribution in [3.05, 3.63) is 58.1 Å². The van der Waals surface area contributed by atoms with E-state index in [0.29, 0.717) is 61.2 Å². The van der Waals surface area contributed by atoms with E-state index >= 15 is 0 Å². The molecular weight excluding hydrogens is 388 g/mol. The number of fused-ring (bicyclic) bond motifs is 3. The summed E-state index contributed by atoms with van der Waals surface area (Å²) in [5, 5.41) is 20.8. The standard InChI is InChI=1S/C23H18O7/c1-11(26)20-15-4-13(7-24)14(8-25)5-16(15)21(22-17(20)9-28-23(22)27)12-2-3-18-19(6-12)30-10-29-18/h2-6,24-25H,7-10H2,1H3. The van der Waals surface area contributed by atoms with Gasteiger partial charge in [0, 0.05) is 16.7 Å². The zero-order valence-corrected chi connectivity index (χ0v) is 16.2. The molecule has 0 saturated heterocycles. The fourth-order valence-corrected chi connectivity index (χ4v) is 4.30. The fourth-order valence-electron chi connectivity index (χ4n) is 4.30. The van der Waals surface area contributed by atoms with Crippen molar-refractivity contribution in [1.82, 2.24) is 0 Å². The molecule has 7 heteroatoms. The van der Waals surface area contributed by atoms with E-state index in [-0.39, 0.29) is 32.4 Å². The van der Waals surface area contributed by atoms with Crippen LogP contribution in [0.3, 0.4) is 0 Å². The molecule has 2 heterocycles. The van der Waals surface area contributed by atoms with E-state index in [4.69, 9.17) is 14.2 Å². The molecule has 2 aliphatic rings. The van der Waals surface area contributed by atoms with Crippen molar-refractivity contribution in [2.24, 2.45) is 0 Å². The number of cyclic esters (lactones) is 1. The van der Waals surface area contributed by atoms with Crippen LogP contribution in [-0.2, 0) is 24.6 Å². The second-order valence-electron chi connectivity index (χ2n) is 7.29. The van der Waals surface area contributed by atoms with Gasteiger partial charge < -0.3 is 24.4 Å². The molecule has 30 heavy (non-hydrogen) atoms. The maximum atomic E-state index is 12.7. The summed E-state index contributed by atoms with van der Waals surface area (Å²) in [5.74, 6) is 0.471. The van der Waals surface area contributed by atoms with E-state index in [1.54, 1.807) is 24.3 Å². The van der Waals surface area contributed by atoms with Crippen molar-refractivity contribution in [3.63, 3.8) is 0 Å². The molecule has 2 N–H and O–H groups in total. The number of carbonyl (C=O) groups excluding carboxylic acids is 2. The molecule has 0 saturated carbocycles. The Bertz CT molecular complexity index is 1240. The van der Waals surface area contributed by atoms with E-state index in [2.05, 4.69) is 0 Å². The molecule has 3 aromatic rings. The monoisotopic (exact) mass is 406 g/mol. The molecule has 2 aliphatic heterocycles. The van der Waals surface area contributed by atoms with Gasteiger partial charge in [-0.2, -0.15) is 0 Å². The molecule has 0 spiro atoms. The predicted molar refractivity (Wildman–Crippen MR) is 106 cm³/mol. The molecule has 0 aliphatic carbocycles. The lowest BCUT2D eigenvalue weighted by Gasteiger charge is -2.18. The normalized spacial score (nSPS) is 14.2. The molecule has 0 atom stereocenters. The first-order chi connectivity index (χ1) is 14.5. The zero-order valence-electron chi connectivity index (χ0n) is 16.2. The zero-order chi connectivity index (χ0) is 21.0. The Balaban J connectivity index is 1.94. The Labute approximate surface area is 171 Å². The van der Waals surface area contributed by atoms with Crippen molar-refractivity contribution in [3.8, 4) is 22.6 Å². The lowest BCUT2D eigenvalue weighted by atomic mass is 9.84. The third-order valence-electron chi connectivity index (χ3n) is 5.64. The predicted octanol–water partition coefficient (Wildman–Crippen LogP) is 3.09. The lowest BCUT2D eigenvalue weighted by molar-refractivity contribution is 0.0534. The van der Waals surface area contributed by atoms with Crippen LogP contribution in [0.25, 0.3) is 21.9 Å². The molecule has 0 bridgehead atoms. The molecule has 0 radical (unpaired) electrons. The summed E-state index contributed by atoms with van der Waals surface area (Å²) in [6, 6.07) is 8.80. The van der Waals surface area contributed by atoms with Crippen molar-refractivity contribution in [1.29, 1.82) is 0 Å². The number of ketones is 1. The second-order valence-corrected chi connectivity index (χ2v) is 7.29. The molecule has 7 nitrogen and oxygen atoms in total. The van der Waals surface area contributed by atoms with Crippen LogP contribution < -0.4 is 9.47 Å². The molecule has 152 valence electrons. The number of rotatable bonds is 4. The van der Waals surface area contributed by atoms with Gasteiger partial charge in [-0.25, -0.2) is 4.79 Å². The van der Waals surface area contributed by atoms with Crippen molar-refractivity contribution in [2.75, 3.05) is 6.79 Å². The van der Waals surface area contributed by atoms with Crippen molar-refractivity contribution in [2.45, 2.75) is 26.7 Å². The molecule has 0 fully saturated rings. The first-order valence-corrected chi connectivity index (χ1v) is 9.47. The van der Waals surface area contributed by atoms with E-state index < -0.39 is 5.97 Å². The lowest BCUT2D eigenvalue weighted by Crippen LogP contribution is -2.07. The smallest absolute Gasteiger partial charge is 0.339 e. The highest BCUT2D eigenvalue weighted by Gasteiger charge is 2.33. The maximum Gasteiger partial charge on any atom is 0.339 e. The largest absolute Gasteiger partial charge is 0.457 e. The van der Waals surface area contributed by atoms with Gasteiger partial charge in [-0.15, -0.1) is 0 Å². The summed E-state index contributed by atoms with van der Waals surface area (Å²) in [6.07, 6.45) is 0. The van der Waals surface area contributed by atoms with Gasteiger partial charge in [-0.1, -0.05) is 6.07 Å². The minimum absolute atomic E-state index is 0.00673. The van der Waals surface area contributed by atoms with Gasteiger partial charge in [-0.3, -0.25) is 4.79 Å². The summed E-state index contributed by atoms with van der Waals surface area (Å²) >= 11 is 0. The number of hydrogen-bond acceptors (Lipinski definition) is 7. The van der Waals surface area contributed by atoms with Gasteiger partial charge in [0.2, 0.25) is 6.79 Å². The van der Waals surface area contributed by atoms with Crippen LogP contribution in [0.15, 0.2) is 30.3 Å². The quantitative estimate of drug-likeness (QED) is 0.507. The molecule has 5 rings (SSSR count). The topological polar surface area (TPSA) is 102 Å². The number of ether oxygens (including phenoxy) is 3. The Morgan fingerprint density at radius 3 is 2.33 bits per heavy atom. The van der Waals surface area contributed by atoms with Crippen LogP contribution in [0.4, 0.5) is 0 Å². The number of aliphatic hydroxyl groups excluding tert-OH is 2. The van der Waals surface area contributed by atoms with E-state index in [9.17, 15) is 19.8 Å². The average molecular weight is 406 g/mol. The average Bonchev–Trinajstić information content (AvgIpc) is 3.36. The van der Waals surface area contributed by atoms with Crippen LogP contribution in [0, 0.1) is 0 Å². The molecule has 0 amide bonds. The Hall–Kier alpha value is -3.42. The third-order valence-corrected chi connectivity index (χ3v) is 5.64. The van der Waals surface area contributed by atoms with Gasteiger partial charge in [-0.05, 0) is 58.7 Å². The number of aliphatic hydroxyl groups is 2. The number of benzene rings is 3. The molecule has 0 unspecified atom stereocenters. The second kappa shape index (κ2) is 6.83. The first kappa shape index (κ1) is 18.6. The maximum absolute atomic E-state index is 12.7. The highest BCUT2D eigenvalue weighted by Crippen LogP contribution is 2.44. The van der Waals surface area contributed by atoms with Gasteiger partial charge >= 0.3 is 5.97 Å². The van der Waals surface area contributed by atoms with Crippen molar-refractivity contribution >= 4 is 22.5 Å². The molecule has 3 aromatic carbocycles. The van der Waals surface area contributed by atoms with Crippen molar-refractivity contribution < 1.29 is 34.0 Å². The highest BCUT2D eigenvalue weighted by atomic mass is 16.7. The summed E-state index contributed by atoms with van der Waals surface area (Å²) in [6.45, 7) is 0.999. The number of esters is 1. The SMILES string of the molecule is CC(=O)c1c2c(c(-c3ccc4c(c3)OCO4)c3cc(CO)c(CO)cc13)C(=O)OC2. The summed E-state index contributed by atoms with van der Waals surface area (Å²) in [5.41, 5.74) is 3.62. The highest BCUT2D eigenvalue weighted by molar-refractivity contribution is 6.19. The Kier molecular flexibility index (Phi) is 4.23. The molecule has 0 aromatic heterocycles. The minimum Gasteiger partial charge on any atom is -0.457 e. The van der Waals surface area contributed by atoms with Crippen LogP contribution in [0.1, 0.15) is 44.3 Å². The van der Waals surface area contributed by atoms with E-state index in [1.165, 1.54) is 6.92 Å². The fraction of sp³-hybridized carbons (Fsp3) is 0.217. The van der Waals surface area contributed by atoms with Crippen LogP contribution in [0.2, 0.25) is 0 Å². The van der Waals surface area contributed by atoms with Gasteiger partial charge in [0.25, 0.3) is 0 Å². The summed E-state index contributed by atoms with van der Waals surface area (Å²) in [4.78, 5) is 25.3. The minimum atomic E-state index is -0.501. The van der Waals surface area contributed by atoms with Gasteiger partial charge in [0.15, 0.2) is 17.3 Å². The van der Waals surface area contributed by atoms with E-state index in [1.807, 2.05) is 6.07 Å². The van der Waals surface area contributed by atoms with Crippen LogP contribution >= 0.6 is 0 Å². The third kappa shape index (κ3) is 2.59. The van der Waals surface area contributed by atoms with Crippen LogP contribution in [-0.4, -0.2) is 28.8 Å². The Morgan fingerprint density at radius 1 is 0.933 bits per heavy atom. The molecular formula is C23H18O7. The number of Topliss-reactive ketones (excluding diaryl/α,β-unsaturated/α-hetero) is 1. The number of hydrogen-bond donors (Lipinski definition) is 2. The summed E-state index contributed by atoms with van der Waals surface area (Å²) < 4.78 is 16.2. The van der Waals surface area contributed by atoms with Gasteiger partial charge in [0.05, 0.1) is 18.8 Å². The number of carbonyl (C=O) groups is 2. The van der Waals surface area contributed by atoms with Gasteiger partial charge in [0.1, 0.15) is 6.61 Å². The Morgan fingerprint density at radius 2 is 1.63 bits per heavy atom. The van der Waals surface area contributed by atoms with E-state index in [0.717, 1.165) is 0 Å². The first-order valence-electron chi connectivity index (χ1n) is 9.47. The van der Waals surface area contributed by atoms with Crippen LogP contribution in [0.5, 0.6) is 11.5 Å². The summed E-state index contributed by atoms with van der Waals surface area (Å²) in [7, 11) is 0.